The molecule has 0 amide bonds. The maximum Gasteiger partial charge on any atom is 0.0827 e. The van der Waals surface area contributed by atoms with E-state index in [2.05, 4.69) is 54.3 Å². The summed E-state index contributed by atoms with van der Waals surface area (Å²) in [6, 6.07) is 12.4. The Morgan fingerprint density at radius 3 is 2.64 bits per heavy atom. The van der Waals surface area contributed by atoms with E-state index in [4.69, 9.17) is 0 Å². The molecule has 2 aromatic heterocycles. The Labute approximate surface area is 165 Å². The van der Waals surface area contributed by atoms with Crippen molar-refractivity contribution in [1.82, 2.24) is 14.8 Å². The molecular weight excluding hydrogens is 346 g/mol. The summed E-state index contributed by atoms with van der Waals surface area (Å²) in [6.45, 7) is 4.41. The quantitative estimate of drug-likeness (QED) is 0.728. The van der Waals surface area contributed by atoms with Crippen molar-refractivity contribution in [2.45, 2.75) is 39.2 Å². The van der Waals surface area contributed by atoms with Crippen LogP contribution in [0.2, 0.25) is 0 Å². The fourth-order valence-corrected chi connectivity index (χ4v) is 5.07. The van der Waals surface area contributed by atoms with E-state index in [-0.39, 0.29) is 11.3 Å². The third-order valence-corrected chi connectivity index (χ3v) is 6.74. The number of aliphatic hydroxyl groups excluding tert-OH is 1. The van der Waals surface area contributed by atoms with Gasteiger partial charge in [-0.05, 0) is 79.0 Å². The minimum Gasteiger partial charge on any atom is -0.388 e. The van der Waals surface area contributed by atoms with Crippen LogP contribution >= 0.6 is 0 Å². The molecule has 0 aliphatic heterocycles. The maximum atomic E-state index is 11.1. The van der Waals surface area contributed by atoms with Gasteiger partial charge in [-0.25, -0.2) is 4.68 Å². The van der Waals surface area contributed by atoms with Crippen LogP contribution in [0.4, 0.5) is 0 Å². The molecule has 2 aliphatic carbocycles. The number of aliphatic hydroxyl groups is 1. The highest BCUT2D eigenvalue weighted by molar-refractivity contribution is 5.62. The fraction of sp³-hybridized carbons (Fsp3) is 0.333. The van der Waals surface area contributed by atoms with E-state index in [1.807, 2.05) is 23.0 Å². The van der Waals surface area contributed by atoms with Gasteiger partial charge in [0.15, 0.2) is 0 Å². The predicted molar refractivity (Wildman–Crippen MR) is 110 cm³/mol. The van der Waals surface area contributed by atoms with Gasteiger partial charge in [0.2, 0.25) is 0 Å². The lowest BCUT2D eigenvalue weighted by Crippen LogP contribution is -2.32. The molecule has 0 spiro atoms. The van der Waals surface area contributed by atoms with E-state index in [1.165, 1.54) is 22.4 Å². The van der Waals surface area contributed by atoms with Crippen molar-refractivity contribution in [2.75, 3.05) is 0 Å². The molecule has 5 rings (SSSR count). The Morgan fingerprint density at radius 1 is 1.14 bits per heavy atom. The zero-order chi connectivity index (χ0) is 19.3. The van der Waals surface area contributed by atoms with E-state index < -0.39 is 6.10 Å². The van der Waals surface area contributed by atoms with Crippen molar-refractivity contribution < 1.29 is 5.11 Å². The monoisotopic (exact) mass is 371 g/mol. The van der Waals surface area contributed by atoms with E-state index in [9.17, 15) is 5.11 Å². The van der Waals surface area contributed by atoms with Gasteiger partial charge < -0.3 is 5.11 Å². The van der Waals surface area contributed by atoms with Crippen LogP contribution in [0.3, 0.4) is 0 Å². The average Bonchev–Trinajstić information content (AvgIpc) is 3.26. The predicted octanol–water partition coefficient (Wildman–Crippen LogP) is 4.67. The Morgan fingerprint density at radius 2 is 1.89 bits per heavy atom. The van der Waals surface area contributed by atoms with Crippen molar-refractivity contribution in [3.05, 3.63) is 82.9 Å². The minimum atomic E-state index is -0.465. The molecule has 142 valence electrons. The Balaban J connectivity index is 1.51. The van der Waals surface area contributed by atoms with Crippen LogP contribution in [-0.4, -0.2) is 19.9 Å². The molecule has 1 fully saturated rings. The third kappa shape index (κ3) is 2.63. The SMILES string of the molecule is Cc1ccc(-n2ncc3c2C=C2CC[C@H]([C@H](O)c4ccncc4)[C@@]2(C)C3)cc1. The molecule has 4 heteroatoms. The number of hydrogen-bond donors (Lipinski definition) is 1. The summed E-state index contributed by atoms with van der Waals surface area (Å²) < 4.78 is 2.05. The number of allylic oxidation sites excluding steroid dienone is 1. The largest absolute Gasteiger partial charge is 0.388 e. The number of pyridine rings is 1. The van der Waals surface area contributed by atoms with Crippen molar-refractivity contribution >= 4 is 6.08 Å². The van der Waals surface area contributed by atoms with Gasteiger partial charge in [0.1, 0.15) is 0 Å². The van der Waals surface area contributed by atoms with E-state index in [0.29, 0.717) is 0 Å². The van der Waals surface area contributed by atoms with Gasteiger partial charge in [-0.3, -0.25) is 4.98 Å². The third-order valence-electron chi connectivity index (χ3n) is 6.74. The average molecular weight is 371 g/mol. The second-order valence-electron chi connectivity index (χ2n) is 8.44. The smallest absolute Gasteiger partial charge is 0.0827 e. The van der Waals surface area contributed by atoms with E-state index >= 15 is 0 Å². The second kappa shape index (κ2) is 6.42. The van der Waals surface area contributed by atoms with Gasteiger partial charge in [-0.1, -0.05) is 30.2 Å². The molecule has 0 saturated heterocycles. The van der Waals surface area contributed by atoms with Crippen molar-refractivity contribution in [3.63, 3.8) is 0 Å². The number of aromatic nitrogens is 3. The molecule has 1 saturated carbocycles. The molecule has 1 aromatic carbocycles. The molecule has 2 aliphatic rings. The molecule has 2 heterocycles. The first-order valence-electron chi connectivity index (χ1n) is 9.99. The first kappa shape index (κ1) is 17.4. The van der Waals surface area contributed by atoms with Crippen LogP contribution in [0.1, 0.15) is 48.3 Å². The van der Waals surface area contributed by atoms with Gasteiger partial charge in [0.25, 0.3) is 0 Å². The molecule has 0 unspecified atom stereocenters. The lowest BCUT2D eigenvalue weighted by atomic mass is 9.67. The molecule has 4 nitrogen and oxygen atoms in total. The van der Waals surface area contributed by atoms with Gasteiger partial charge in [-0.2, -0.15) is 5.10 Å². The summed E-state index contributed by atoms with van der Waals surface area (Å²) in [5, 5.41) is 15.8. The van der Waals surface area contributed by atoms with Gasteiger partial charge in [0.05, 0.1) is 23.7 Å². The van der Waals surface area contributed by atoms with Crippen molar-refractivity contribution in [1.29, 1.82) is 0 Å². The van der Waals surface area contributed by atoms with E-state index in [0.717, 1.165) is 30.5 Å². The highest BCUT2D eigenvalue weighted by Gasteiger charge is 2.48. The number of benzene rings is 1. The molecule has 0 bridgehead atoms. The lowest BCUT2D eigenvalue weighted by Gasteiger charge is -2.38. The van der Waals surface area contributed by atoms with Crippen LogP contribution in [0, 0.1) is 18.3 Å². The van der Waals surface area contributed by atoms with Crippen LogP contribution in [0.25, 0.3) is 11.8 Å². The van der Waals surface area contributed by atoms with Crippen LogP contribution in [0.5, 0.6) is 0 Å². The summed E-state index contributed by atoms with van der Waals surface area (Å²) in [5.41, 5.74) is 7.17. The van der Waals surface area contributed by atoms with Gasteiger partial charge in [-0.15, -0.1) is 0 Å². The van der Waals surface area contributed by atoms with E-state index in [1.54, 1.807) is 12.4 Å². The highest BCUT2D eigenvalue weighted by Crippen LogP contribution is 2.56. The number of fused-ring (bicyclic) bond motifs is 2. The highest BCUT2D eigenvalue weighted by atomic mass is 16.3. The second-order valence-corrected chi connectivity index (χ2v) is 8.44. The van der Waals surface area contributed by atoms with Gasteiger partial charge >= 0.3 is 0 Å². The topological polar surface area (TPSA) is 50.9 Å². The van der Waals surface area contributed by atoms with Crippen molar-refractivity contribution in [3.8, 4) is 5.69 Å². The standard InChI is InChI=1S/C24H25N3O/c1-16-3-6-20(7-4-16)27-22-13-19-5-8-21(23(28)17-9-11-25-12-10-17)24(19,2)14-18(22)15-26-27/h3-4,6-7,9-13,15,21,23,28H,5,8,14H2,1-2H3/t21-,23-,24+/m1/s1. The number of hydrogen-bond acceptors (Lipinski definition) is 3. The van der Waals surface area contributed by atoms with Crippen LogP contribution in [0.15, 0.2) is 60.6 Å². The normalized spacial score (nSPS) is 24.4. The van der Waals surface area contributed by atoms with Crippen molar-refractivity contribution in [2.24, 2.45) is 11.3 Å². The maximum absolute atomic E-state index is 11.1. The number of nitrogens with zero attached hydrogens (tertiary/aromatic N) is 3. The van der Waals surface area contributed by atoms with Crippen LogP contribution in [-0.2, 0) is 6.42 Å². The minimum absolute atomic E-state index is 0.0309. The fourth-order valence-electron chi connectivity index (χ4n) is 5.07. The first-order valence-corrected chi connectivity index (χ1v) is 9.99. The number of rotatable bonds is 3. The molecular formula is C24H25N3O. The number of aryl methyl sites for hydroxylation is 1. The Bertz CT molecular complexity index is 1040. The molecule has 0 radical (unpaired) electrons. The lowest BCUT2D eigenvalue weighted by molar-refractivity contribution is 0.0555. The Hall–Kier alpha value is -2.72. The summed E-state index contributed by atoms with van der Waals surface area (Å²) in [4.78, 5) is 4.09. The summed E-state index contributed by atoms with van der Waals surface area (Å²) in [5.74, 6) is 0.206. The zero-order valence-electron chi connectivity index (χ0n) is 16.3. The summed E-state index contributed by atoms with van der Waals surface area (Å²) in [7, 11) is 0. The molecule has 1 N–H and O–H groups in total. The summed E-state index contributed by atoms with van der Waals surface area (Å²) in [6.07, 6.45) is 10.3. The molecule has 3 atom stereocenters. The zero-order valence-corrected chi connectivity index (χ0v) is 16.3. The first-order chi connectivity index (χ1) is 13.6. The van der Waals surface area contributed by atoms with Gasteiger partial charge in [0, 0.05) is 12.4 Å². The molecule has 28 heavy (non-hydrogen) atoms. The van der Waals surface area contributed by atoms with Crippen LogP contribution < -0.4 is 0 Å². The summed E-state index contributed by atoms with van der Waals surface area (Å²) >= 11 is 0. The Kier molecular flexibility index (Phi) is 3.98. The molecule has 3 aromatic rings.